The van der Waals surface area contributed by atoms with Crippen molar-refractivity contribution in [2.24, 2.45) is 0 Å². The van der Waals surface area contributed by atoms with Gasteiger partial charge in [-0.05, 0) is 12.5 Å². The number of nitriles is 1. The highest BCUT2D eigenvalue weighted by molar-refractivity contribution is 5.79. The summed E-state index contributed by atoms with van der Waals surface area (Å²) in [6.07, 6.45) is 0.170. The quantitative estimate of drug-likeness (QED) is 0.737. The van der Waals surface area contributed by atoms with Gasteiger partial charge in [-0.3, -0.25) is 9.59 Å². The molecule has 5 nitrogen and oxygen atoms in total. The zero-order valence-corrected chi connectivity index (χ0v) is 10.9. The Morgan fingerprint density at radius 2 is 1.68 bits per heavy atom. The number of carbonyl (C=O) groups is 2. The van der Waals surface area contributed by atoms with Crippen molar-refractivity contribution in [1.29, 1.82) is 5.26 Å². The van der Waals surface area contributed by atoms with Crippen LogP contribution in [0, 0.1) is 18.3 Å². The maximum atomic E-state index is 11.6. The first-order valence-electron chi connectivity index (χ1n) is 6.07. The summed E-state index contributed by atoms with van der Waals surface area (Å²) in [6.45, 7) is 2.69. The van der Waals surface area contributed by atoms with E-state index in [9.17, 15) is 9.59 Å². The summed E-state index contributed by atoms with van der Waals surface area (Å²) in [7, 11) is 0. The molecule has 0 atom stereocenters. The fourth-order valence-electron chi connectivity index (χ4n) is 1.49. The van der Waals surface area contributed by atoms with Crippen molar-refractivity contribution >= 4 is 11.8 Å². The van der Waals surface area contributed by atoms with Crippen molar-refractivity contribution in [1.82, 2.24) is 10.6 Å². The maximum Gasteiger partial charge on any atom is 0.234 e. The Labute approximate surface area is 112 Å². The molecule has 0 aliphatic heterocycles. The Kier molecular flexibility index (Phi) is 6.10. The Bertz CT molecular complexity index is 474. The molecule has 1 rings (SSSR count). The van der Waals surface area contributed by atoms with Crippen LogP contribution in [0.3, 0.4) is 0 Å². The lowest BCUT2D eigenvalue weighted by Gasteiger charge is -2.06. The van der Waals surface area contributed by atoms with Crippen molar-refractivity contribution in [2.45, 2.75) is 19.8 Å². The van der Waals surface area contributed by atoms with Gasteiger partial charge in [-0.15, -0.1) is 0 Å². The van der Waals surface area contributed by atoms with Crippen LogP contribution in [0.4, 0.5) is 0 Å². The van der Waals surface area contributed by atoms with Gasteiger partial charge >= 0.3 is 0 Å². The van der Waals surface area contributed by atoms with Crippen LogP contribution >= 0.6 is 0 Å². The molecule has 100 valence electrons. The minimum Gasteiger partial charge on any atom is -0.354 e. The minimum absolute atomic E-state index is 0.0848. The average molecular weight is 259 g/mol. The first kappa shape index (κ1) is 14.7. The van der Waals surface area contributed by atoms with Gasteiger partial charge in [0, 0.05) is 13.1 Å². The number of carbonyl (C=O) groups excluding carboxylic acids is 2. The number of amides is 2. The molecule has 1 aromatic rings. The monoisotopic (exact) mass is 259 g/mol. The van der Waals surface area contributed by atoms with Crippen LogP contribution in [0.25, 0.3) is 0 Å². The van der Waals surface area contributed by atoms with Gasteiger partial charge in [-0.2, -0.15) is 5.26 Å². The van der Waals surface area contributed by atoms with Gasteiger partial charge in [-0.25, -0.2) is 0 Å². The number of nitrogens with one attached hydrogen (secondary N) is 2. The van der Waals surface area contributed by atoms with Gasteiger partial charge in [-0.1, -0.05) is 29.8 Å². The SMILES string of the molecule is Cc1ccc(CC(=O)NCCNC(=O)CC#N)cc1. The first-order valence-corrected chi connectivity index (χ1v) is 6.07. The molecule has 0 aliphatic rings. The smallest absolute Gasteiger partial charge is 0.234 e. The first-order chi connectivity index (χ1) is 9.11. The molecule has 0 aromatic heterocycles. The highest BCUT2D eigenvalue weighted by atomic mass is 16.2. The molecule has 19 heavy (non-hydrogen) atoms. The van der Waals surface area contributed by atoms with Crippen LogP contribution in [0.15, 0.2) is 24.3 Å². The standard InChI is InChI=1S/C14H17N3O2/c1-11-2-4-12(5-3-11)10-14(19)17-9-8-16-13(18)6-7-15/h2-5H,6,8-10H2,1H3,(H,16,18)(H,17,19). The zero-order valence-electron chi connectivity index (χ0n) is 10.9. The highest BCUT2D eigenvalue weighted by Crippen LogP contribution is 2.03. The molecule has 1 aromatic carbocycles. The summed E-state index contributed by atoms with van der Waals surface area (Å²) < 4.78 is 0. The fraction of sp³-hybridized carbons (Fsp3) is 0.357. The Balaban J connectivity index is 2.20. The molecule has 0 radical (unpaired) electrons. The second-order valence-electron chi connectivity index (χ2n) is 4.20. The predicted molar refractivity (Wildman–Crippen MR) is 71.1 cm³/mol. The molecule has 0 fully saturated rings. The van der Waals surface area contributed by atoms with E-state index >= 15 is 0 Å². The van der Waals surface area contributed by atoms with Gasteiger partial charge in [0.2, 0.25) is 11.8 Å². The van der Waals surface area contributed by atoms with Crippen LogP contribution in [0.1, 0.15) is 17.5 Å². The molecule has 0 aliphatic carbocycles. The van der Waals surface area contributed by atoms with E-state index in [2.05, 4.69) is 10.6 Å². The molecule has 2 N–H and O–H groups in total. The molecule has 0 spiro atoms. The van der Waals surface area contributed by atoms with E-state index in [4.69, 9.17) is 5.26 Å². The third-order valence-corrected chi connectivity index (χ3v) is 2.49. The van der Waals surface area contributed by atoms with E-state index in [0.29, 0.717) is 19.5 Å². The minimum atomic E-state index is -0.324. The van der Waals surface area contributed by atoms with Crippen molar-refractivity contribution in [3.63, 3.8) is 0 Å². The second kappa shape index (κ2) is 7.88. The van der Waals surface area contributed by atoms with Gasteiger partial charge in [0.15, 0.2) is 0 Å². The summed E-state index contributed by atoms with van der Waals surface area (Å²) in [6, 6.07) is 9.52. The lowest BCUT2D eigenvalue weighted by molar-refractivity contribution is -0.122. The zero-order chi connectivity index (χ0) is 14.1. The third-order valence-electron chi connectivity index (χ3n) is 2.49. The molecule has 0 unspecified atom stereocenters. The molecular weight excluding hydrogens is 242 g/mol. The molecule has 5 heteroatoms. The molecule has 0 heterocycles. The van der Waals surface area contributed by atoms with Crippen LogP contribution in [-0.2, 0) is 16.0 Å². The van der Waals surface area contributed by atoms with Crippen molar-refractivity contribution in [3.8, 4) is 6.07 Å². The number of hydrogen-bond acceptors (Lipinski definition) is 3. The second-order valence-corrected chi connectivity index (χ2v) is 4.20. The largest absolute Gasteiger partial charge is 0.354 e. The Hall–Kier alpha value is -2.35. The van der Waals surface area contributed by atoms with Crippen LogP contribution < -0.4 is 10.6 Å². The summed E-state index contributed by atoms with van der Waals surface area (Å²) in [5.74, 6) is -0.409. The summed E-state index contributed by atoms with van der Waals surface area (Å²) >= 11 is 0. The van der Waals surface area contributed by atoms with Crippen LogP contribution in [-0.4, -0.2) is 24.9 Å². The Morgan fingerprint density at radius 3 is 2.26 bits per heavy atom. The van der Waals surface area contributed by atoms with Crippen LogP contribution in [0.2, 0.25) is 0 Å². The summed E-state index contributed by atoms with van der Waals surface area (Å²) in [5, 5.41) is 13.5. The number of rotatable bonds is 6. The number of hydrogen-bond donors (Lipinski definition) is 2. The third kappa shape index (κ3) is 6.22. The van der Waals surface area contributed by atoms with Gasteiger partial charge < -0.3 is 10.6 Å². The molecule has 2 amide bonds. The summed E-state index contributed by atoms with van der Waals surface area (Å²) in [4.78, 5) is 22.6. The van der Waals surface area contributed by atoms with Gasteiger partial charge in [0.25, 0.3) is 0 Å². The predicted octanol–water partition coefficient (Wildman–Crippen LogP) is 0.684. The number of benzene rings is 1. The van der Waals surface area contributed by atoms with Crippen LogP contribution in [0.5, 0.6) is 0 Å². The Morgan fingerprint density at radius 1 is 1.11 bits per heavy atom. The van der Waals surface area contributed by atoms with Crippen molar-refractivity contribution in [3.05, 3.63) is 35.4 Å². The van der Waals surface area contributed by atoms with E-state index in [1.165, 1.54) is 0 Å². The average Bonchev–Trinajstić information content (AvgIpc) is 2.38. The van der Waals surface area contributed by atoms with Crippen molar-refractivity contribution < 1.29 is 9.59 Å². The highest BCUT2D eigenvalue weighted by Gasteiger charge is 2.03. The summed E-state index contributed by atoms with van der Waals surface area (Å²) in [5.41, 5.74) is 2.11. The van der Waals surface area contributed by atoms with E-state index < -0.39 is 0 Å². The molecule has 0 bridgehead atoms. The maximum absolute atomic E-state index is 11.6. The van der Waals surface area contributed by atoms with Gasteiger partial charge in [0.1, 0.15) is 6.42 Å². The molecule has 0 saturated heterocycles. The lowest BCUT2D eigenvalue weighted by atomic mass is 10.1. The number of nitrogens with zero attached hydrogens (tertiary/aromatic N) is 1. The molecular formula is C14H17N3O2. The fourth-order valence-corrected chi connectivity index (χ4v) is 1.49. The van der Waals surface area contributed by atoms with Gasteiger partial charge in [0.05, 0.1) is 12.5 Å². The lowest BCUT2D eigenvalue weighted by Crippen LogP contribution is -2.35. The normalized spacial score (nSPS) is 9.47. The van der Waals surface area contributed by atoms with E-state index in [1.54, 1.807) is 6.07 Å². The molecule has 0 saturated carbocycles. The number of aryl methyl sites for hydroxylation is 1. The van der Waals surface area contributed by atoms with E-state index in [-0.39, 0.29) is 18.2 Å². The van der Waals surface area contributed by atoms with Crippen molar-refractivity contribution in [2.75, 3.05) is 13.1 Å². The van der Waals surface area contributed by atoms with E-state index in [1.807, 2.05) is 31.2 Å². The topological polar surface area (TPSA) is 82.0 Å². The van der Waals surface area contributed by atoms with E-state index in [0.717, 1.165) is 11.1 Å².